The van der Waals surface area contributed by atoms with Gasteiger partial charge in [-0.05, 0) is 47.7 Å². The molecule has 1 aromatic heterocycles. The lowest BCUT2D eigenvalue weighted by Crippen LogP contribution is -2.39. The summed E-state index contributed by atoms with van der Waals surface area (Å²) in [5, 5.41) is 19.6. The lowest BCUT2D eigenvalue weighted by atomic mass is 9.77. The van der Waals surface area contributed by atoms with Gasteiger partial charge in [-0.1, -0.05) is 97.9 Å². The van der Waals surface area contributed by atoms with Crippen LogP contribution in [0.5, 0.6) is 5.75 Å². The van der Waals surface area contributed by atoms with Gasteiger partial charge in [0.05, 0.1) is 12.2 Å². The Kier molecular flexibility index (Phi) is 6.82. The fourth-order valence-electron chi connectivity index (χ4n) is 5.21. The predicted octanol–water partition coefficient (Wildman–Crippen LogP) is 7.85. The molecule has 4 aromatic carbocycles. The van der Waals surface area contributed by atoms with Crippen molar-refractivity contribution < 1.29 is 17.9 Å². The summed E-state index contributed by atoms with van der Waals surface area (Å²) in [6.07, 6.45) is -2.69. The van der Waals surface area contributed by atoms with Crippen LogP contribution in [0.1, 0.15) is 47.7 Å². The van der Waals surface area contributed by atoms with Gasteiger partial charge in [0.25, 0.3) is 0 Å². The maximum atomic E-state index is 14.0. The topological polar surface area (TPSA) is 63.7 Å². The Balaban J connectivity index is 1.59. The SMILES string of the molecule is CC1(COc2cc(-c3nn(C(c4ccccc4)(c4ccccc4)c4ccccc4)nc3C#N)cc(C(F)(F)F)c2)CC1. The van der Waals surface area contributed by atoms with E-state index in [-0.39, 0.29) is 28.1 Å². The molecule has 1 heterocycles. The van der Waals surface area contributed by atoms with E-state index in [1.54, 1.807) is 0 Å². The van der Waals surface area contributed by atoms with E-state index in [1.807, 2.05) is 97.9 Å². The van der Waals surface area contributed by atoms with Crippen LogP contribution >= 0.6 is 0 Å². The standard InChI is InChI=1S/C34H27F3N4O/c1-32(17-18-32)23-42-29-20-24(19-28(21-29)34(35,36)37)31-30(22-38)39-41(40-31)33(25-11-5-2-6-12-25,26-13-7-3-8-14-26)27-15-9-4-10-16-27/h2-16,19-21H,17-18,23H2,1H3. The Morgan fingerprint density at radius 1 is 0.786 bits per heavy atom. The average Bonchev–Trinajstić information content (AvgIpc) is 3.60. The number of hydrogen-bond acceptors (Lipinski definition) is 4. The first-order chi connectivity index (χ1) is 20.2. The maximum absolute atomic E-state index is 14.0. The zero-order valence-electron chi connectivity index (χ0n) is 22.8. The summed E-state index contributed by atoms with van der Waals surface area (Å²) in [5.74, 6) is 0.0758. The zero-order valence-corrected chi connectivity index (χ0v) is 22.8. The summed E-state index contributed by atoms with van der Waals surface area (Å²) in [5.41, 5.74) is 0.462. The van der Waals surface area contributed by atoms with Gasteiger partial charge < -0.3 is 4.74 Å². The summed E-state index contributed by atoms with van der Waals surface area (Å²) >= 11 is 0. The molecule has 6 rings (SSSR count). The van der Waals surface area contributed by atoms with Gasteiger partial charge in [0.2, 0.25) is 0 Å². The Labute approximate surface area is 241 Å². The van der Waals surface area contributed by atoms with Crippen LogP contribution in [0.3, 0.4) is 0 Å². The Bertz CT molecular complexity index is 1640. The molecule has 0 saturated heterocycles. The van der Waals surface area contributed by atoms with E-state index >= 15 is 0 Å². The summed E-state index contributed by atoms with van der Waals surface area (Å²) < 4.78 is 47.9. The molecule has 0 aliphatic heterocycles. The van der Waals surface area contributed by atoms with Crippen molar-refractivity contribution in [3.8, 4) is 23.1 Å². The number of nitrogens with zero attached hydrogens (tertiary/aromatic N) is 4. The van der Waals surface area contributed by atoms with Crippen LogP contribution in [0.4, 0.5) is 13.2 Å². The number of hydrogen-bond donors (Lipinski definition) is 0. The van der Waals surface area contributed by atoms with Gasteiger partial charge in [0, 0.05) is 11.0 Å². The molecule has 0 amide bonds. The van der Waals surface area contributed by atoms with E-state index < -0.39 is 17.3 Å². The minimum atomic E-state index is -4.62. The zero-order chi connectivity index (χ0) is 29.4. The molecule has 0 radical (unpaired) electrons. The Morgan fingerprint density at radius 2 is 1.31 bits per heavy atom. The van der Waals surface area contributed by atoms with E-state index in [4.69, 9.17) is 9.84 Å². The van der Waals surface area contributed by atoms with Crippen molar-refractivity contribution >= 4 is 0 Å². The number of aromatic nitrogens is 3. The van der Waals surface area contributed by atoms with Crippen molar-refractivity contribution in [3.05, 3.63) is 137 Å². The van der Waals surface area contributed by atoms with Gasteiger partial charge in [0.1, 0.15) is 17.5 Å². The molecule has 1 fully saturated rings. The first-order valence-corrected chi connectivity index (χ1v) is 13.6. The molecule has 0 spiro atoms. The van der Waals surface area contributed by atoms with Gasteiger partial charge in [-0.3, -0.25) is 0 Å². The van der Waals surface area contributed by atoms with E-state index in [2.05, 4.69) is 11.2 Å². The van der Waals surface area contributed by atoms with Crippen molar-refractivity contribution in [1.82, 2.24) is 15.0 Å². The molecule has 0 atom stereocenters. The number of rotatable bonds is 8. The molecule has 1 saturated carbocycles. The molecule has 0 unspecified atom stereocenters. The second kappa shape index (κ2) is 10.5. The predicted molar refractivity (Wildman–Crippen MR) is 153 cm³/mol. The average molecular weight is 565 g/mol. The van der Waals surface area contributed by atoms with Gasteiger partial charge in [-0.25, -0.2) is 0 Å². The number of nitriles is 1. The summed E-state index contributed by atoms with van der Waals surface area (Å²) in [7, 11) is 0. The number of halogens is 3. The van der Waals surface area contributed by atoms with Crippen molar-refractivity contribution in [2.75, 3.05) is 6.61 Å². The van der Waals surface area contributed by atoms with Crippen LogP contribution in [0.2, 0.25) is 0 Å². The van der Waals surface area contributed by atoms with Crippen LogP contribution in [0.15, 0.2) is 109 Å². The van der Waals surface area contributed by atoms with Crippen molar-refractivity contribution in [3.63, 3.8) is 0 Å². The lowest BCUT2D eigenvalue weighted by Gasteiger charge is -2.34. The molecule has 8 heteroatoms. The normalized spacial score (nSPS) is 14.3. The fourth-order valence-corrected chi connectivity index (χ4v) is 5.21. The third-order valence-corrected chi connectivity index (χ3v) is 7.79. The monoisotopic (exact) mass is 564 g/mol. The highest BCUT2D eigenvalue weighted by molar-refractivity contribution is 5.67. The van der Waals surface area contributed by atoms with E-state index in [0.717, 1.165) is 41.7 Å². The highest BCUT2D eigenvalue weighted by Gasteiger charge is 2.42. The van der Waals surface area contributed by atoms with Gasteiger partial charge in [-0.15, -0.1) is 5.10 Å². The van der Waals surface area contributed by atoms with Crippen molar-refractivity contribution in [2.24, 2.45) is 5.41 Å². The smallest absolute Gasteiger partial charge is 0.416 e. The number of ether oxygens (including phenoxy) is 1. The molecule has 210 valence electrons. The lowest BCUT2D eigenvalue weighted by molar-refractivity contribution is -0.137. The molecule has 42 heavy (non-hydrogen) atoms. The molecule has 1 aliphatic carbocycles. The van der Waals surface area contributed by atoms with Crippen LogP contribution in [-0.4, -0.2) is 21.6 Å². The highest BCUT2D eigenvalue weighted by atomic mass is 19.4. The number of alkyl halides is 3. The Hall–Kier alpha value is -4.90. The second-order valence-electron chi connectivity index (χ2n) is 11.0. The maximum Gasteiger partial charge on any atom is 0.416 e. The van der Waals surface area contributed by atoms with Gasteiger partial charge in [0.15, 0.2) is 11.2 Å². The van der Waals surface area contributed by atoms with Crippen LogP contribution < -0.4 is 4.74 Å². The third-order valence-electron chi connectivity index (χ3n) is 7.79. The summed E-state index contributed by atoms with van der Waals surface area (Å²) in [4.78, 5) is 1.45. The molecular formula is C34H27F3N4O. The first-order valence-electron chi connectivity index (χ1n) is 13.6. The van der Waals surface area contributed by atoms with E-state index in [1.165, 1.54) is 10.9 Å². The molecule has 0 N–H and O–H groups in total. The van der Waals surface area contributed by atoms with Crippen LogP contribution in [-0.2, 0) is 11.7 Å². The minimum absolute atomic E-state index is 0.0317. The second-order valence-corrected chi connectivity index (χ2v) is 11.0. The number of benzene rings is 4. The fraction of sp³-hybridized carbons (Fsp3) is 0.206. The third kappa shape index (κ3) is 5.03. The molecule has 5 aromatic rings. The van der Waals surface area contributed by atoms with Gasteiger partial charge >= 0.3 is 6.18 Å². The van der Waals surface area contributed by atoms with Crippen molar-refractivity contribution in [2.45, 2.75) is 31.5 Å². The van der Waals surface area contributed by atoms with E-state index in [0.29, 0.717) is 6.61 Å². The van der Waals surface area contributed by atoms with Crippen molar-refractivity contribution in [1.29, 1.82) is 5.26 Å². The molecule has 1 aliphatic rings. The molecule has 0 bridgehead atoms. The quantitative estimate of drug-likeness (QED) is 0.180. The van der Waals surface area contributed by atoms with Crippen LogP contribution in [0.25, 0.3) is 11.3 Å². The Morgan fingerprint density at radius 3 is 1.76 bits per heavy atom. The highest BCUT2D eigenvalue weighted by Crippen LogP contribution is 2.46. The van der Waals surface area contributed by atoms with Gasteiger partial charge in [-0.2, -0.15) is 28.3 Å². The summed E-state index contributed by atoms with van der Waals surface area (Å²) in [6, 6.07) is 34.4. The van der Waals surface area contributed by atoms with Crippen LogP contribution in [0, 0.1) is 16.7 Å². The largest absolute Gasteiger partial charge is 0.493 e. The molecular weight excluding hydrogens is 537 g/mol. The summed E-state index contributed by atoms with van der Waals surface area (Å²) in [6.45, 7) is 2.35. The first kappa shape index (κ1) is 27.3. The minimum Gasteiger partial charge on any atom is -0.493 e. The van der Waals surface area contributed by atoms with E-state index in [9.17, 15) is 18.4 Å². The molecule has 5 nitrogen and oxygen atoms in total.